The summed E-state index contributed by atoms with van der Waals surface area (Å²) < 4.78 is 35.5. The number of carbonyl (C=O) groups is 1. The average Bonchev–Trinajstić information content (AvgIpc) is 2.81. The van der Waals surface area contributed by atoms with Crippen molar-refractivity contribution in [3.63, 3.8) is 0 Å². The largest absolute Gasteiger partial charge is 0.376 e. The Kier molecular flexibility index (Phi) is 4.18. The number of nitrogens with one attached hydrogen (secondary N) is 1. The molecule has 1 amide bonds. The summed E-state index contributed by atoms with van der Waals surface area (Å²) >= 11 is 0. The Morgan fingerprint density at radius 2 is 2.04 bits per heavy atom. The van der Waals surface area contributed by atoms with Crippen LogP contribution in [0.1, 0.15) is 12.0 Å². The van der Waals surface area contributed by atoms with E-state index in [4.69, 9.17) is 4.74 Å². The van der Waals surface area contributed by atoms with E-state index in [1.165, 1.54) is 17.0 Å². The van der Waals surface area contributed by atoms with Gasteiger partial charge in [-0.05, 0) is 12.1 Å². The third-order valence-electron chi connectivity index (χ3n) is 3.95. The van der Waals surface area contributed by atoms with Gasteiger partial charge in [-0.2, -0.15) is 5.10 Å². The number of hydrogen-bond donors (Lipinski definition) is 1. The number of carbonyl (C=O) groups excluding carboxylic acids is 1. The van der Waals surface area contributed by atoms with Gasteiger partial charge < -0.3 is 10.1 Å². The third kappa shape index (κ3) is 2.82. The van der Waals surface area contributed by atoms with Gasteiger partial charge in [0.25, 0.3) is 0 Å². The van der Waals surface area contributed by atoms with Crippen LogP contribution in [-0.4, -0.2) is 33.5 Å². The SMILES string of the molecule is Cn1cnn(CCC(=O)NC2(c3c(F)cccc3F)COC2)c1=O. The zero-order valence-corrected chi connectivity index (χ0v) is 13.0. The average molecular weight is 338 g/mol. The Hall–Kier alpha value is -2.55. The highest BCUT2D eigenvalue weighted by Gasteiger charge is 2.45. The second kappa shape index (κ2) is 6.16. The Labute approximate surface area is 135 Å². The van der Waals surface area contributed by atoms with E-state index in [2.05, 4.69) is 10.4 Å². The first-order valence-electron chi connectivity index (χ1n) is 7.35. The number of ether oxygens (including phenoxy) is 1. The zero-order valence-electron chi connectivity index (χ0n) is 13.0. The molecule has 1 N–H and O–H groups in total. The van der Waals surface area contributed by atoms with E-state index < -0.39 is 23.1 Å². The van der Waals surface area contributed by atoms with Crippen LogP contribution in [0.25, 0.3) is 0 Å². The summed E-state index contributed by atoms with van der Waals surface area (Å²) in [7, 11) is 1.55. The summed E-state index contributed by atoms with van der Waals surface area (Å²) in [5.41, 5.74) is -1.77. The highest BCUT2D eigenvalue weighted by Crippen LogP contribution is 2.33. The Morgan fingerprint density at radius 1 is 1.38 bits per heavy atom. The van der Waals surface area contributed by atoms with Crippen LogP contribution >= 0.6 is 0 Å². The van der Waals surface area contributed by atoms with Crippen molar-refractivity contribution in [3.8, 4) is 0 Å². The van der Waals surface area contributed by atoms with Crippen molar-refractivity contribution in [1.82, 2.24) is 19.7 Å². The second-order valence-corrected chi connectivity index (χ2v) is 5.72. The number of nitrogens with zero attached hydrogens (tertiary/aromatic N) is 3. The molecule has 0 aliphatic carbocycles. The van der Waals surface area contributed by atoms with E-state index in [-0.39, 0.29) is 37.4 Å². The summed E-state index contributed by atoms with van der Waals surface area (Å²) in [5.74, 6) is -1.92. The maximum absolute atomic E-state index is 14.0. The van der Waals surface area contributed by atoms with E-state index in [1.54, 1.807) is 7.05 Å². The Bertz CT molecular complexity index is 806. The highest BCUT2D eigenvalue weighted by molar-refractivity contribution is 5.77. The van der Waals surface area contributed by atoms with Gasteiger partial charge in [0.15, 0.2) is 0 Å². The van der Waals surface area contributed by atoms with Gasteiger partial charge in [0, 0.05) is 13.5 Å². The van der Waals surface area contributed by atoms with Crippen LogP contribution < -0.4 is 11.0 Å². The number of amides is 1. The molecule has 1 aromatic heterocycles. The molecule has 1 fully saturated rings. The molecule has 0 atom stereocenters. The minimum atomic E-state index is -1.22. The molecule has 1 aliphatic heterocycles. The number of rotatable bonds is 5. The van der Waals surface area contributed by atoms with E-state index in [1.807, 2.05) is 0 Å². The molecule has 1 saturated heterocycles. The standard InChI is InChI=1S/C15H16F2N4O3/c1-20-9-18-21(14(20)23)6-5-12(22)19-15(7-24-8-15)13-10(16)3-2-4-11(13)17/h2-4,9H,5-8H2,1H3,(H,19,22). The van der Waals surface area contributed by atoms with Crippen LogP contribution in [0.2, 0.25) is 0 Å². The van der Waals surface area contributed by atoms with Gasteiger partial charge in [-0.25, -0.2) is 18.3 Å². The molecule has 0 spiro atoms. The van der Waals surface area contributed by atoms with Gasteiger partial charge in [0.1, 0.15) is 23.5 Å². The van der Waals surface area contributed by atoms with Crippen molar-refractivity contribution in [2.45, 2.75) is 18.5 Å². The van der Waals surface area contributed by atoms with Crippen LogP contribution in [0.3, 0.4) is 0 Å². The van der Waals surface area contributed by atoms with Crippen molar-refractivity contribution in [3.05, 3.63) is 52.2 Å². The van der Waals surface area contributed by atoms with E-state index >= 15 is 0 Å². The summed E-state index contributed by atoms with van der Waals surface area (Å²) in [4.78, 5) is 23.8. The van der Waals surface area contributed by atoms with Gasteiger partial charge in [-0.15, -0.1) is 0 Å². The molecule has 2 heterocycles. The first kappa shape index (κ1) is 16.3. The van der Waals surface area contributed by atoms with E-state index in [9.17, 15) is 18.4 Å². The molecule has 2 aromatic rings. The monoisotopic (exact) mass is 338 g/mol. The lowest BCUT2D eigenvalue weighted by atomic mass is 9.86. The molecule has 0 unspecified atom stereocenters. The molecule has 3 rings (SSSR count). The maximum Gasteiger partial charge on any atom is 0.345 e. The summed E-state index contributed by atoms with van der Waals surface area (Å²) in [6.07, 6.45) is 1.30. The molecule has 9 heteroatoms. The third-order valence-corrected chi connectivity index (χ3v) is 3.95. The highest BCUT2D eigenvalue weighted by atomic mass is 19.1. The van der Waals surface area contributed by atoms with Crippen LogP contribution in [-0.2, 0) is 28.7 Å². The molecule has 0 bridgehead atoms. The van der Waals surface area contributed by atoms with Gasteiger partial charge in [0.05, 0.1) is 25.3 Å². The predicted octanol–water partition coefficient (Wildman–Crippen LogP) is 0.292. The van der Waals surface area contributed by atoms with Gasteiger partial charge in [-0.3, -0.25) is 9.36 Å². The van der Waals surface area contributed by atoms with E-state index in [0.717, 1.165) is 16.8 Å². The topological polar surface area (TPSA) is 78.2 Å². The van der Waals surface area contributed by atoms with Crippen molar-refractivity contribution in [2.75, 3.05) is 13.2 Å². The molecule has 0 radical (unpaired) electrons. The Balaban J connectivity index is 1.72. The van der Waals surface area contributed by atoms with Crippen molar-refractivity contribution in [1.29, 1.82) is 0 Å². The Morgan fingerprint density at radius 3 is 2.54 bits per heavy atom. The molecule has 128 valence electrons. The quantitative estimate of drug-likeness (QED) is 0.850. The lowest BCUT2D eigenvalue weighted by Crippen LogP contribution is -2.60. The molecule has 7 nitrogen and oxygen atoms in total. The summed E-state index contributed by atoms with van der Waals surface area (Å²) in [6, 6.07) is 3.53. The van der Waals surface area contributed by atoms with Crippen LogP contribution in [0.15, 0.2) is 29.3 Å². The first-order chi connectivity index (χ1) is 11.4. The molecule has 24 heavy (non-hydrogen) atoms. The second-order valence-electron chi connectivity index (χ2n) is 5.72. The van der Waals surface area contributed by atoms with Gasteiger partial charge in [-0.1, -0.05) is 6.07 Å². The number of benzene rings is 1. The number of hydrogen-bond acceptors (Lipinski definition) is 4. The smallest absolute Gasteiger partial charge is 0.345 e. The number of aryl methyl sites for hydroxylation is 2. The molecule has 0 saturated carbocycles. The molecule has 1 aliphatic rings. The normalized spacial score (nSPS) is 15.8. The maximum atomic E-state index is 14.0. The van der Waals surface area contributed by atoms with Crippen LogP contribution in [0, 0.1) is 11.6 Å². The van der Waals surface area contributed by atoms with E-state index in [0.29, 0.717) is 0 Å². The predicted molar refractivity (Wildman–Crippen MR) is 79.1 cm³/mol. The van der Waals surface area contributed by atoms with Crippen molar-refractivity contribution in [2.24, 2.45) is 7.05 Å². The fourth-order valence-electron chi connectivity index (χ4n) is 2.65. The molecular weight excluding hydrogens is 322 g/mol. The van der Waals surface area contributed by atoms with Crippen LogP contribution in [0.4, 0.5) is 8.78 Å². The first-order valence-corrected chi connectivity index (χ1v) is 7.35. The lowest BCUT2D eigenvalue weighted by Gasteiger charge is -2.42. The minimum absolute atomic E-state index is 0.0138. The minimum Gasteiger partial charge on any atom is -0.376 e. The molecule has 1 aromatic carbocycles. The number of halogens is 2. The lowest BCUT2D eigenvalue weighted by molar-refractivity contribution is -0.134. The zero-order chi connectivity index (χ0) is 17.3. The fourth-order valence-corrected chi connectivity index (χ4v) is 2.65. The van der Waals surface area contributed by atoms with Crippen molar-refractivity contribution >= 4 is 5.91 Å². The van der Waals surface area contributed by atoms with Crippen LogP contribution in [0.5, 0.6) is 0 Å². The fraction of sp³-hybridized carbons (Fsp3) is 0.400. The van der Waals surface area contributed by atoms with Crippen molar-refractivity contribution < 1.29 is 18.3 Å². The number of aromatic nitrogens is 3. The summed E-state index contributed by atoms with van der Waals surface area (Å²) in [6.45, 7) is 0.0441. The van der Waals surface area contributed by atoms with Gasteiger partial charge >= 0.3 is 5.69 Å². The summed E-state index contributed by atoms with van der Waals surface area (Å²) in [5, 5.41) is 6.48. The van der Waals surface area contributed by atoms with Gasteiger partial charge in [0.2, 0.25) is 5.91 Å². The molecular formula is C15H16F2N4O3.